The molecule has 1 saturated heterocycles. The summed E-state index contributed by atoms with van der Waals surface area (Å²) in [6.45, 7) is 13.9. The van der Waals surface area contributed by atoms with Crippen LogP contribution in [0.2, 0.25) is 0 Å². The van der Waals surface area contributed by atoms with Gasteiger partial charge < -0.3 is 19.3 Å². The van der Waals surface area contributed by atoms with E-state index in [-0.39, 0.29) is 35.5 Å². The van der Waals surface area contributed by atoms with Crippen molar-refractivity contribution in [3.8, 4) is 0 Å². The van der Waals surface area contributed by atoms with Crippen LogP contribution in [0.5, 0.6) is 0 Å². The maximum atomic E-state index is 17.4. The highest BCUT2D eigenvalue weighted by Gasteiger charge is 2.79. The Hall–Kier alpha value is -0.870. The molecule has 206 valence electrons. The lowest BCUT2D eigenvalue weighted by Crippen LogP contribution is -2.69. The highest BCUT2D eigenvalue weighted by molar-refractivity contribution is 8.23. The van der Waals surface area contributed by atoms with Crippen molar-refractivity contribution in [2.45, 2.75) is 102 Å². The van der Waals surface area contributed by atoms with E-state index < -0.39 is 51.5 Å². The summed E-state index contributed by atoms with van der Waals surface area (Å²) in [5, 5.41) is 11.6. The summed E-state index contributed by atoms with van der Waals surface area (Å²) in [5.74, 6) is -2.42. The third-order valence-corrected chi connectivity index (χ3v) is 11.2. The average Bonchev–Trinajstić information content (AvgIpc) is 3.14. The summed E-state index contributed by atoms with van der Waals surface area (Å²) < 4.78 is 52.4. The largest absolute Gasteiger partial charge is 0.478 e. The van der Waals surface area contributed by atoms with Gasteiger partial charge in [0.2, 0.25) is 4.38 Å². The highest BCUT2D eigenvalue weighted by Crippen LogP contribution is 2.74. The number of aliphatic hydroxyl groups is 1. The normalized spacial score (nSPS) is 48.0. The molecule has 0 aromatic rings. The molecule has 5 aliphatic rings. The number of aliphatic hydroxyl groups excluding tert-OH is 1. The van der Waals surface area contributed by atoms with Gasteiger partial charge in [-0.25, -0.2) is 8.78 Å². The number of carbonyl (C=O) groups is 1. The summed E-state index contributed by atoms with van der Waals surface area (Å²) in [7, 11) is 0. The van der Waals surface area contributed by atoms with Crippen LogP contribution in [0, 0.1) is 28.1 Å². The van der Waals surface area contributed by atoms with E-state index in [1.54, 1.807) is 6.92 Å². The second-order valence-electron chi connectivity index (χ2n) is 13.6. The maximum absolute atomic E-state index is 17.4. The molecule has 1 heterocycles. The SMILES string of the molecule is CC(C)(C)COC(=S)S[C@@]12OC(C)(C)O[C@@H]1C[C@H]1[C@@H]3C[C@H](F)C4=CC(=O)C=C[C@]4(C)[C@@]3(F)[C@@H](O)C[C@@]12C. The van der Waals surface area contributed by atoms with E-state index in [2.05, 4.69) is 20.8 Å². The first kappa shape index (κ1) is 27.7. The van der Waals surface area contributed by atoms with Crippen LogP contribution in [0.1, 0.15) is 67.7 Å². The quantitative estimate of drug-likeness (QED) is 0.429. The number of ether oxygens (including phenoxy) is 3. The fourth-order valence-electron chi connectivity index (χ4n) is 7.81. The monoisotopic (exact) mass is 556 g/mol. The van der Waals surface area contributed by atoms with E-state index in [0.717, 1.165) is 0 Å². The van der Waals surface area contributed by atoms with Gasteiger partial charge in [0.15, 0.2) is 22.2 Å². The van der Waals surface area contributed by atoms with E-state index in [1.807, 2.05) is 20.8 Å². The van der Waals surface area contributed by atoms with Crippen molar-refractivity contribution in [2.24, 2.45) is 28.1 Å². The molecule has 37 heavy (non-hydrogen) atoms. The number of ketones is 1. The molecule has 4 fully saturated rings. The zero-order valence-electron chi connectivity index (χ0n) is 22.6. The molecule has 0 spiro atoms. The van der Waals surface area contributed by atoms with Crippen molar-refractivity contribution in [1.29, 1.82) is 0 Å². The van der Waals surface area contributed by atoms with Gasteiger partial charge in [0.1, 0.15) is 12.3 Å². The molecule has 0 bridgehead atoms. The van der Waals surface area contributed by atoms with Gasteiger partial charge in [0.25, 0.3) is 0 Å². The predicted molar refractivity (Wildman–Crippen MR) is 142 cm³/mol. The second kappa shape index (κ2) is 8.32. The third-order valence-electron chi connectivity index (χ3n) is 9.39. The number of halogens is 2. The lowest BCUT2D eigenvalue weighted by Gasteiger charge is -2.63. The van der Waals surface area contributed by atoms with Crippen molar-refractivity contribution in [1.82, 2.24) is 0 Å². The molecule has 0 aromatic carbocycles. The number of thiocarbonyl (C=S) groups is 1. The molecule has 5 nitrogen and oxygen atoms in total. The molecule has 4 aliphatic carbocycles. The molecule has 0 unspecified atom stereocenters. The number of hydrogen-bond donors (Lipinski definition) is 1. The zero-order chi connectivity index (χ0) is 27.4. The van der Waals surface area contributed by atoms with Crippen LogP contribution in [-0.4, -0.2) is 56.6 Å². The van der Waals surface area contributed by atoms with Gasteiger partial charge >= 0.3 is 0 Å². The predicted octanol–water partition coefficient (Wildman–Crippen LogP) is 5.84. The standard InChI is InChI=1S/C28H38F2O5S2/c1-23(2,3)14-33-22(36)37-28-21(34-24(4,5)35-28)12-16-17-11-19(29)18-10-15(31)8-9-25(18,6)27(17,30)20(32)13-26(16,28)7/h8-10,16-17,19-21,32H,11-14H2,1-7H3/t16-,17-,19-,20-,21+,25-,26-,27-,28-/m0/s1. The lowest BCUT2D eigenvalue weighted by atomic mass is 9.45. The smallest absolute Gasteiger partial charge is 0.222 e. The molecule has 3 saturated carbocycles. The number of hydrogen-bond acceptors (Lipinski definition) is 7. The van der Waals surface area contributed by atoms with Crippen LogP contribution in [0.25, 0.3) is 0 Å². The number of alkyl halides is 2. The molecular formula is C28H38F2O5S2. The molecular weight excluding hydrogens is 518 g/mol. The second-order valence-corrected chi connectivity index (χ2v) is 15.4. The van der Waals surface area contributed by atoms with E-state index in [0.29, 0.717) is 17.4 Å². The fraction of sp³-hybridized carbons (Fsp3) is 0.786. The van der Waals surface area contributed by atoms with E-state index >= 15 is 8.78 Å². The van der Waals surface area contributed by atoms with Crippen molar-refractivity contribution in [2.75, 3.05) is 6.61 Å². The first-order chi connectivity index (χ1) is 16.9. The van der Waals surface area contributed by atoms with Crippen molar-refractivity contribution >= 4 is 34.1 Å². The van der Waals surface area contributed by atoms with E-state index in [4.69, 9.17) is 26.4 Å². The van der Waals surface area contributed by atoms with Crippen LogP contribution in [-0.2, 0) is 19.0 Å². The number of allylic oxidation sites excluding steroid dienone is 4. The summed E-state index contributed by atoms with van der Waals surface area (Å²) in [4.78, 5) is 11.0. The molecule has 5 rings (SSSR count). The summed E-state index contributed by atoms with van der Waals surface area (Å²) in [6, 6.07) is 0. The molecule has 0 radical (unpaired) electrons. The molecule has 1 aliphatic heterocycles. The Bertz CT molecular complexity index is 1080. The van der Waals surface area contributed by atoms with Crippen LogP contribution >= 0.6 is 24.0 Å². The van der Waals surface area contributed by atoms with E-state index in [9.17, 15) is 9.90 Å². The Labute approximate surface area is 227 Å². The number of thioether (sulfide) groups is 1. The van der Waals surface area contributed by atoms with Gasteiger partial charge in [0.05, 0.1) is 12.7 Å². The zero-order valence-corrected chi connectivity index (χ0v) is 24.2. The van der Waals surface area contributed by atoms with Gasteiger partial charge in [-0.3, -0.25) is 4.79 Å². The first-order valence-corrected chi connectivity index (χ1v) is 14.3. The Morgan fingerprint density at radius 2 is 1.92 bits per heavy atom. The van der Waals surface area contributed by atoms with Crippen molar-refractivity contribution in [3.63, 3.8) is 0 Å². The van der Waals surface area contributed by atoms with Crippen LogP contribution in [0.15, 0.2) is 23.8 Å². The molecule has 9 heteroatoms. The van der Waals surface area contributed by atoms with Gasteiger partial charge in [-0.2, -0.15) is 0 Å². The summed E-state index contributed by atoms with van der Waals surface area (Å²) >= 11 is 6.93. The van der Waals surface area contributed by atoms with Gasteiger partial charge in [0, 0.05) is 16.7 Å². The van der Waals surface area contributed by atoms with Crippen LogP contribution in [0.4, 0.5) is 8.78 Å². The topological polar surface area (TPSA) is 65.0 Å². The fourth-order valence-corrected chi connectivity index (χ4v) is 9.60. The minimum Gasteiger partial charge on any atom is -0.478 e. The molecule has 9 atom stereocenters. The van der Waals surface area contributed by atoms with Crippen molar-refractivity contribution < 1.29 is 32.9 Å². The summed E-state index contributed by atoms with van der Waals surface area (Å²) in [6.07, 6.45) is 1.04. The van der Waals surface area contributed by atoms with Crippen molar-refractivity contribution in [3.05, 3.63) is 23.8 Å². The Balaban J connectivity index is 1.55. The van der Waals surface area contributed by atoms with Gasteiger partial charge in [-0.05, 0) is 93.1 Å². The molecule has 0 amide bonds. The number of carbonyl (C=O) groups excluding carboxylic acids is 1. The summed E-state index contributed by atoms with van der Waals surface area (Å²) in [5.41, 5.74) is -4.33. The lowest BCUT2D eigenvalue weighted by molar-refractivity contribution is -0.235. The number of rotatable bonds is 2. The minimum absolute atomic E-state index is 0.0805. The Morgan fingerprint density at radius 1 is 1.24 bits per heavy atom. The third kappa shape index (κ3) is 3.85. The minimum atomic E-state index is -2.15. The molecule has 1 N–H and O–H groups in total. The Kier molecular flexibility index (Phi) is 6.23. The van der Waals surface area contributed by atoms with Gasteiger partial charge in [-0.1, -0.05) is 33.8 Å². The van der Waals surface area contributed by atoms with Gasteiger partial charge in [-0.15, -0.1) is 0 Å². The van der Waals surface area contributed by atoms with Crippen LogP contribution < -0.4 is 0 Å². The first-order valence-electron chi connectivity index (χ1n) is 13.1. The Morgan fingerprint density at radius 3 is 2.57 bits per heavy atom. The number of fused-ring (bicyclic) bond motifs is 7. The maximum Gasteiger partial charge on any atom is 0.222 e. The van der Waals surface area contributed by atoms with E-state index in [1.165, 1.54) is 30.0 Å². The van der Waals surface area contributed by atoms with Crippen LogP contribution in [0.3, 0.4) is 0 Å². The molecule has 0 aromatic heterocycles. The highest BCUT2D eigenvalue weighted by atomic mass is 32.2. The average molecular weight is 557 g/mol.